The number of aryl methyl sites for hydroxylation is 1. The van der Waals surface area contributed by atoms with E-state index < -0.39 is 0 Å². The molecule has 2 aromatic carbocycles. The third-order valence-corrected chi connectivity index (χ3v) is 5.13. The van der Waals surface area contributed by atoms with E-state index in [0.717, 1.165) is 5.56 Å². The number of amides is 1. The van der Waals surface area contributed by atoms with Crippen LogP contribution >= 0.6 is 0 Å². The zero-order valence-corrected chi connectivity index (χ0v) is 19.0. The summed E-state index contributed by atoms with van der Waals surface area (Å²) in [4.78, 5) is 17.2. The van der Waals surface area contributed by atoms with E-state index in [1.165, 1.54) is 0 Å². The zero-order valence-electron chi connectivity index (χ0n) is 19.0. The van der Waals surface area contributed by atoms with Gasteiger partial charge in [0.15, 0.2) is 17.2 Å². The highest BCUT2D eigenvalue weighted by Crippen LogP contribution is 2.33. The standard InChI is InChI=1S/C24H25N5O4/c1-5-32-20-12-11-17(13-21(20)31-4)24-26-19(16(3)33-24)14-29-15(2)22(27-28-29)23(30)25-18-9-7-6-8-10-18/h6-13H,5,14H2,1-4H3,(H,25,30). The fourth-order valence-electron chi connectivity index (χ4n) is 3.35. The van der Waals surface area contributed by atoms with Crippen LogP contribution in [-0.2, 0) is 6.54 Å². The molecule has 4 aromatic rings. The van der Waals surface area contributed by atoms with Crippen molar-refractivity contribution >= 4 is 11.6 Å². The Labute approximate surface area is 191 Å². The number of carbonyl (C=O) groups excluding carboxylic acids is 1. The summed E-state index contributed by atoms with van der Waals surface area (Å²) < 4.78 is 18.5. The van der Waals surface area contributed by atoms with Crippen LogP contribution < -0.4 is 14.8 Å². The second-order valence-corrected chi connectivity index (χ2v) is 7.32. The molecule has 2 heterocycles. The number of ether oxygens (including phenoxy) is 2. The lowest BCUT2D eigenvalue weighted by Gasteiger charge is -2.09. The van der Waals surface area contributed by atoms with Crippen LogP contribution in [0.25, 0.3) is 11.5 Å². The first-order valence-corrected chi connectivity index (χ1v) is 10.5. The van der Waals surface area contributed by atoms with E-state index >= 15 is 0 Å². The van der Waals surface area contributed by atoms with Gasteiger partial charge in [-0.05, 0) is 51.1 Å². The van der Waals surface area contributed by atoms with Crippen molar-refractivity contribution in [2.45, 2.75) is 27.3 Å². The molecule has 0 radical (unpaired) electrons. The monoisotopic (exact) mass is 447 g/mol. The van der Waals surface area contributed by atoms with Gasteiger partial charge in [-0.1, -0.05) is 23.4 Å². The molecule has 0 bridgehead atoms. The summed E-state index contributed by atoms with van der Waals surface area (Å²) in [6.45, 7) is 6.42. The summed E-state index contributed by atoms with van der Waals surface area (Å²) in [5.74, 6) is 2.07. The van der Waals surface area contributed by atoms with Crippen molar-refractivity contribution < 1.29 is 18.7 Å². The number of hydrogen-bond acceptors (Lipinski definition) is 7. The Kier molecular flexibility index (Phi) is 6.39. The van der Waals surface area contributed by atoms with E-state index in [2.05, 4.69) is 20.6 Å². The van der Waals surface area contributed by atoms with Gasteiger partial charge in [-0.3, -0.25) is 4.79 Å². The maximum absolute atomic E-state index is 12.6. The Hall–Kier alpha value is -4.14. The van der Waals surface area contributed by atoms with Gasteiger partial charge in [0.2, 0.25) is 5.89 Å². The van der Waals surface area contributed by atoms with Crippen LogP contribution in [0.3, 0.4) is 0 Å². The summed E-state index contributed by atoms with van der Waals surface area (Å²) in [6, 6.07) is 14.7. The van der Waals surface area contributed by atoms with Crippen LogP contribution in [0.2, 0.25) is 0 Å². The third kappa shape index (κ3) is 4.72. The fourth-order valence-corrected chi connectivity index (χ4v) is 3.35. The van der Waals surface area contributed by atoms with Gasteiger partial charge in [0.1, 0.15) is 11.5 Å². The van der Waals surface area contributed by atoms with Gasteiger partial charge in [0, 0.05) is 11.3 Å². The normalized spacial score (nSPS) is 10.8. The summed E-state index contributed by atoms with van der Waals surface area (Å²) in [5.41, 5.74) is 3.05. The first-order chi connectivity index (χ1) is 16.0. The molecule has 0 fully saturated rings. The average Bonchev–Trinajstić information content (AvgIpc) is 3.37. The van der Waals surface area contributed by atoms with Crippen molar-refractivity contribution in [2.75, 3.05) is 19.0 Å². The average molecular weight is 447 g/mol. The van der Waals surface area contributed by atoms with Crippen LogP contribution in [0.15, 0.2) is 52.9 Å². The predicted octanol–water partition coefficient (Wildman–Crippen LogP) is 4.26. The number of aromatic nitrogens is 4. The number of anilines is 1. The number of hydrogen-bond donors (Lipinski definition) is 1. The van der Waals surface area contributed by atoms with Gasteiger partial charge in [0.05, 0.1) is 26.0 Å². The van der Waals surface area contributed by atoms with Crippen molar-refractivity contribution in [1.82, 2.24) is 20.0 Å². The lowest BCUT2D eigenvalue weighted by molar-refractivity contribution is 0.102. The second kappa shape index (κ2) is 9.56. The highest BCUT2D eigenvalue weighted by Gasteiger charge is 2.20. The lowest BCUT2D eigenvalue weighted by Crippen LogP contribution is -2.14. The molecule has 33 heavy (non-hydrogen) atoms. The van der Waals surface area contributed by atoms with E-state index in [0.29, 0.717) is 53.4 Å². The van der Waals surface area contributed by atoms with Crippen LogP contribution in [0.4, 0.5) is 5.69 Å². The maximum Gasteiger partial charge on any atom is 0.278 e. The van der Waals surface area contributed by atoms with E-state index in [1.54, 1.807) is 18.7 Å². The topological polar surface area (TPSA) is 104 Å². The summed E-state index contributed by atoms with van der Waals surface area (Å²) >= 11 is 0. The van der Waals surface area contributed by atoms with Crippen molar-refractivity contribution in [3.8, 4) is 23.0 Å². The van der Waals surface area contributed by atoms with E-state index in [9.17, 15) is 4.79 Å². The van der Waals surface area contributed by atoms with Crippen molar-refractivity contribution in [1.29, 1.82) is 0 Å². The maximum atomic E-state index is 12.6. The minimum atomic E-state index is -0.316. The van der Waals surface area contributed by atoms with Gasteiger partial charge < -0.3 is 19.2 Å². The summed E-state index contributed by atoms with van der Waals surface area (Å²) in [6.07, 6.45) is 0. The Bertz CT molecular complexity index is 1260. The molecule has 0 aliphatic carbocycles. The molecule has 1 amide bonds. The first kappa shape index (κ1) is 22.1. The number of rotatable bonds is 8. The SMILES string of the molecule is CCOc1ccc(-c2nc(Cn3nnc(C(=O)Nc4ccccc4)c3C)c(C)o2)cc1OC. The van der Waals surface area contributed by atoms with Crippen LogP contribution in [0.1, 0.15) is 34.6 Å². The molecule has 0 unspecified atom stereocenters. The Balaban J connectivity index is 1.54. The highest BCUT2D eigenvalue weighted by atomic mass is 16.5. The zero-order chi connectivity index (χ0) is 23.4. The Morgan fingerprint density at radius 2 is 1.91 bits per heavy atom. The van der Waals surface area contributed by atoms with Crippen LogP contribution in [-0.4, -0.2) is 39.6 Å². The van der Waals surface area contributed by atoms with E-state index in [-0.39, 0.29) is 11.6 Å². The van der Waals surface area contributed by atoms with Gasteiger partial charge >= 0.3 is 0 Å². The minimum Gasteiger partial charge on any atom is -0.493 e. The van der Waals surface area contributed by atoms with Gasteiger partial charge in [0.25, 0.3) is 5.91 Å². The molecule has 0 aliphatic heterocycles. The molecular weight excluding hydrogens is 422 g/mol. The quantitative estimate of drug-likeness (QED) is 0.430. The van der Waals surface area contributed by atoms with E-state index in [1.807, 2.05) is 62.4 Å². The van der Waals surface area contributed by atoms with Crippen molar-refractivity contribution in [3.63, 3.8) is 0 Å². The van der Waals surface area contributed by atoms with Gasteiger partial charge in [-0.2, -0.15) is 0 Å². The van der Waals surface area contributed by atoms with Gasteiger partial charge in [-0.25, -0.2) is 9.67 Å². The van der Waals surface area contributed by atoms with Gasteiger partial charge in [-0.15, -0.1) is 5.10 Å². The molecule has 0 saturated heterocycles. The third-order valence-electron chi connectivity index (χ3n) is 5.13. The largest absolute Gasteiger partial charge is 0.493 e. The summed E-state index contributed by atoms with van der Waals surface area (Å²) in [7, 11) is 1.59. The number of nitrogens with zero attached hydrogens (tertiary/aromatic N) is 4. The number of oxazole rings is 1. The molecule has 9 nitrogen and oxygen atoms in total. The highest BCUT2D eigenvalue weighted by molar-refractivity contribution is 6.03. The molecular formula is C24H25N5O4. The number of para-hydroxylation sites is 1. The number of benzene rings is 2. The molecule has 2 aromatic heterocycles. The molecule has 0 aliphatic rings. The number of carbonyl (C=O) groups is 1. The lowest BCUT2D eigenvalue weighted by atomic mass is 10.2. The number of methoxy groups -OCH3 is 1. The fraction of sp³-hybridized carbons (Fsp3) is 0.250. The molecule has 0 saturated carbocycles. The van der Waals surface area contributed by atoms with Crippen LogP contribution in [0, 0.1) is 13.8 Å². The second-order valence-electron chi connectivity index (χ2n) is 7.32. The van der Waals surface area contributed by atoms with Crippen molar-refractivity contribution in [2.24, 2.45) is 0 Å². The molecule has 0 spiro atoms. The Morgan fingerprint density at radius 1 is 1.12 bits per heavy atom. The molecule has 0 atom stereocenters. The van der Waals surface area contributed by atoms with E-state index in [4.69, 9.17) is 13.9 Å². The van der Waals surface area contributed by atoms with Crippen LogP contribution in [0.5, 0.6) is 11.5 Å². The Morgan fingerprint density at radius 3 is 2.64 bits per heavy atom. The first-order valence-electron chi connectivity index (χ1n) is 10.5. The molecule has 9 heteroatoms. The molecule has 1 N–H and O–H groups in total. The number of nitrogens with one attached hydrogen (secondary N) is 1. The van der Waals surface area contributed by atoms with Crippen molar-refractivity contribution in [3.05, 3.63) is 71.4 Å². The molecule has 4 rings (SSSR count). The predicted molar refractivity (Wildman–Crippen MR) is 123 cm³/mol. The molecule has 170 valence electrons. The minimum absolute atomic E-state index is 0.261. The smallest absolute Gasteiger partial charge is 0.278 e. The summed E-state index contributed by atoms with van der Waals surface area (Å²) in [5, 5.41) is 11.0.